The van der Waals surface area contributed by atoms with Crippen LogP contribution < -0.4 is 15.4 Å². The number of amides is 1. The van der Waals surface area contributed by atoms with Crippen molar-refractivity contribution in [2.24, 2.45) is 5.41 Å². The summed E-state index contributed by atoms with van der Waals surface area (Å²) < 4.78 is 5.90. The first-order chi connectivity index (χ1) is 14.8. The molecular formula is C27H36N2O2. The summed E-state index contributed by atoms with van der Waals surface area (Å²) in [6.07, 6.45) is 4.83. The van der Waals surface area contributed by atoms with Gasteiger partial charge in [-0.15, -0.1) is 0 Å². The van der Waals surface area contributed by atoms with Crippen LogP contribution in [0.25, 0.3) is 0 Å². The molecule has 2 aliphatic rings. The van der Waals surface area contributed by atoms with Crippen molar-refractivity contribution in [3.63, 3.8) is 0 Å². The Morgan fingerprint density at radius 2 is 1.94 bits per heavy atom. The first kappa shape index (κ1) is 21.7. The molecule has 1 heterocycles. The number of aryl methyl sites for hydroxylation is 1. The summed E-state index contributed by atoms with van der Waals surface area (Å²) in [5, 5.41) is 6.84. The van der Waals surface area contributed by atoms with Crippen LogP contribution in [-0.2, 0) is 23.1 Å². The zero-order chi connectivity index (χ0) is 22.2. The van der Waals surface area contributed by atoms with Gasteiger partial charge in [0, 0.05) is 17.4 Å². The second-order valence-electron chi connectivity index (χ2n) is 10.2. The molecule has 2 aromatic rings. The molecule has 4 heteroatoms. The van der Waals surface area contributed by atoms with Gasteiger partial charge < -0.3 is 15.4 Å². The number of hydrogen-bond donors (Lipinski definition) is 2. The number of fused-ring (bicyclic) bond motifs is 1. The van der Waals surface area contributed by atoms with Crippen molar-refractivity contribution in [3.8, 4) is 5.75 Å². The van der Waals surface area contributed by atoms with Crippen molar-refractivity contribution in [2.75, 3.05) is 17.2 Å². The minimum Gasteiger partial charge on any atom is -0.494 e. The highest BCUT2D eigenvalue weighted by Gasteiger charge is 2.51. The van der Waals surface area contributed by atoms with Crippen LogP contribution in [0.15, 0.2) is 36.4 Å². The van der Waals surface area contributed by atoms with Crippen molar-refractivity contribution in [2.45, 2.75) is 78.2 Å². The number of hydrogen-bond acceptors (Lipinski definition) is 3. The minimum atomic E-state index is -0.429. The zero-order valence-corrected chi connectivity index (χ0v) is 19.6. The van der Waals surface area contributed by atoms with E-state index in [2.05, 4.69) is 68.7 Å². The average Bonchev–Trinajstić information content (AvgIpc) is 3.42. The molecule has 1 amide bonds. The number of nitrogens with one attached hydrogen (secondary N) is 2. The Morgan fingerprint density at radius 3 is 2.58 bits per heavy atom. The molecule has 2 aromatic carbocycles. The fourth-order valence-corrected chi connectivity index (χ4v) is 4.60. The number of benzene rings is 2. The lowest BCUT2D eigenvalue weighted by Crippen LogP contribution is -2.31. The molecule has 1 fully saturated rings. The first-order valence-corrected chi connectivity index (χ1v) is 11.7. The number of carbonyl (C=O) groups is 1. The van der Waals surface area contributed by atoms with Gasteiger partial charge in [-0.3, -0.25) is 4.79 Å². The van der Waals surface area contributed by atoms with Gasteiger partial charge in [0.05, 0.1) is 12.0 Å². The SMILES string of the molecule is CCCc1ccc(C2(C(=O)Nc3ccc4c(c3)CC(C(C)(C)C)N4)CC2)cc1OCC. The summed E-state index contributed by atoms with van der Waals surface area (Å²) in [5.74, 6) is 1.02. The van der Waals surface area contributed by atoms with E-state index in [-0.39, 0.29) is 11.3 Å². The van der Waals surface area contributed by atoms with E-state index in [1.807, 2.05) is 13.0 Å². The largest absolute Gasteiger partial charge is 0.494 e. The van der Waals surface area contributed by atoms with Gasteiger partial charge in [-0.1, -0.05) is 46.2 Å². The van der Waals surface area contributed by atoms with Crippen molar-refractivity contribution in [1.29, 1.82) is 0 Å². The third-order valence-corrected chi connectivity index (χ3v) is 6.79. The van der Waals surface area contributed by atoms with Crippen LogP contribution in [0.4, 0.5) is 11.4 Å². The fraction of sp³-hybridized carbons (Fsp3) is 0.519. The summed E-state index contributed by atoms with van der Waals surface area (Å²) in [7, 11) is 0. The molecule has 1 aliphatic heterocycles. The number of ether oxygens (including phenoxy) is 1. The van der Waals surface area contributed by atoms with Gasteiger partial charge in [-0.2, -0.15) is 0 Å². The van der Waals surface area contributed by atoms with Gasteiger partial charge in [0.25, 0.3) is 0 Å². The Morgan fingerprint density at radius 1 is 1.16 bits per heavy atom. The number of anilines is 2. The maximum absolute atomic E-state index is 13.3. The van der Waals surface area contributed by atoms with Crippen LogP contribution in [-0.4, -0.2) is 18.6 Å². The maximum Gasteiger partial charge on any atom is 0.235 e. The second-order valence-corrected chi connectivity index (χ2v) is 10.2. The molecule has 4 rings (SSSR count). The van der Waals surface area contributed by atoms with Crippen LogP contribution in [0, 0.1) is 5.41 Å². The third-order valence-electron chi connectivity index (χ3n) is 6.79. The van der Waals surface area contributed by atoms with E-state index < -0.39 is 5.41 Å². The molecule has 4 nitrogen and oxygen atoms in total. The normalized spacial score (nSPS) is 18.8. The molecule has 0 radical (unpaired) electrons. The van der Waals surface area contributed by atoms with Crippen molar-refractivity contribution >= 4 is 17.3 Å². The molecule has 166 valence electrons. The summed E-state index contributed by atoms with van der Waals surface area (Å²) in [4.78, 5) is 13.3. The van der Waals surface area contributed by atoms with E-state index in [1.165, 1.54) is 16.8 Å². The predicted octanol–water partition coefficient (Wildman–Crippen LogP) is 6.09. The lowest BCUT2D eigenvalue weighted by atomic mass is 9.85. The minimum absolute atomic E-state index is 0.0940. The van der Waals surface area contributed by atoms with E-state index in [4.69, 9.17) is 4.74 Å². The van der Waals surface area contributed by atoms with E-state index in [9.17, 15) is 4.79 Å². The number of rotatable bonds is 7. The summed E-state index contributed by atoms with van der Waals surface area (Å²) in [6.45, 7) is 11.6. The summed E-state index contributed by atoms with van der Waals surface area (Å²) >= 11 is 0. The van der Waals surface area contributed by atoms with Gasteiger partial charge in [-0.25, -0.2) is 0 Å². The van der Waals surface area contributed by atoms with Crippen molar-refractivity contribution in [3.05, 3.63) is 53.1 Å². The molecule has 1 atom stereocenters. The Bertz CT molecular complexity index is 970. The predicted molar refractivity (Wildman–Crippen MR) is 128 cm³/mol. The molecule has 1 saturated carbocycles. The molecule has 1 unspecified atom stereocenters. The molecule has 0 bridgehead atoms. The standard InChI is InChI=1S/C27H36N2O2/c1-6-8-18-9-10-20(17-23(18)31-7-2)27(13-14-27)25(30)28-21-11-12-22-19(15-21)16-24(29-22)26(3,4)5/h9-12,15,17,24,29H,6-8,13-14,16H2,1-5H3,(H,28,30). The van der Waals surface area contributed by atoms with Gasteiger partial charge in [0.15, 0.2) is 0 Å². The fourth-order valence-electron chi connectivity index (χ4n) is 4.60. The van der Waals surface area contributed by atoms with Crippen LogP contribution >= 0.6 is 0 Å². The molecule has 31 heavy (non-hydrogen) atoms. The summed E-state index contributed by atoms with van der Waals surface area (Å²) in [6, 6.07) is 13.0. The highest BCUT2D eigenvalue weighted by Crippen LogP contribution is 2.50. The van der Waals surface area contributed by atoms with Gasteiger partial charge in [-0.05, 0) is 79.0 Å². The topological polar surface area (TPSA) is 50.4 Å². The Balaban J connectivity index is 1.52. The highest BCUT2D eigenvalue weighted by atomic mass is 16.5. The molecule has 1 aliphatic carbocycles. The zero-order valence-electron chi connectivity index (χ0n) is 19.6. The highest BCUT2D eigenvalue weighted by molar-refractivity contribution is 6.01. The monoisotopic (exact) mass is 420 g/mol. The molecule has 0 spiro atoms. The number of carbonyl (C=O) groups excluding carboxylic acids is 1. The van der Waals surface area contributed by atoms with Crippen LogP contribution in [0.1, 0.15) is 70.6 Å². The quantitative estimate of drug-likeness (QED) is 0.570. The molecular weight excluding hydrogens is 384 g/mol. The van der Waals surface area contributed by atoms with E-state index in [0.717, 1.165) is 49.1 Å². The van der Waals surface area contributed by atoms with E-state index >= 15 is 0 Å². The molecule has 0 aromatic heterocycles. The Hall–Kier alpha value is -2.49. The molecule has 0 saturated heterocycles. The van der Waals surface area contributed by atoms with Crippen LogP contribution in [0.5, 0.6) is 5.75 Å². The average molecular weight is 421 g/mol. The summed E-state index contributed by atoms with van der Waals surface area (Å²) in [5.41, 5.74) is 5.42. The third kappa shape index (κ3) is 4.30. The van der Waals surface area contributed by atoms with Gasteiger partial charge in [0.1, 0.15) is 5.75 Å². The van der Waals surface area contributed by atoms with Crippen molar-refractivity contribution < 1.29 is 9.53 Å². The second kappa shape index (κ2) is 8.22. The van der Waals surface area contributed by atoms with E-state index in [1.54, 1.807) is 0 Å². The van der Waals surface area contributed by atoms with E-state index in [0.29, 0.717) is 12.6 Å². The maximum atomic E-state index is 13.3. The van der Waals surface area contributed by atoms with Gasteiger partial charge in [0.2, 0.25) is 5.91 Å². The van der Waals surface area contributed by atoms with Crippen LogP contribution in [0.3, 0.4) is 0 Å². The Labute approximate surface area is 186 Å². The Kier molecular flexibility index (Phi) is 5.76. The lowest BCUT2D eigenvalue weighted by molar-refractivity contribution is -0.118. The first-order valence-electron chi connectivity index (χ1n) is 11.7. The molecule has 2 N–H and O–H groups in total. The lowest BCUT2D eigenvalue weighted by Gasteiger charge is -2.27. The van der Waals surface area contributed by atoms with Crippen LogP contribution in [0.2, 0.25) is 0 Å². The van der Waals surface area contributed by atoms with Gasteiger partial charge >= 0.3 is 0 Å². The van der Waals surface area contributed by atoms with Crippen molar-refractivity contribution in [1.82, 2.24) is 0 Å². The smallest absolute Gasteiger partial charge is 0.235 e.